The lowest BCUT2D eigenvalue weighted by Crippen LogP contribution is -2.43. The molecule has 2 aliphatic carbocycles. The van der Waals surface area contributed by atoms with E-state index in [1.807, 2.05) is 19.1 Å². The number of nitrogens with one attached hydrogen (secondary N) is 1. The van der Waals surface area contributed by atoms with Crippen LogP contribution in [-0.4, -0.2) is 23.8 Å². The molecule has 1 amide bonds. The number of carbonyl (C=O) groups is 2. The van der Waals surface area contributed by atoms with Gasteiger partial charge in [-0.25, -0.2) is 0 Å². The van der Waals surface area contributed by atoms with Gasteiger partial charge in [0.15, 0.2) is 11.5 Å². The van der Waals surface area contributed by atoms with Gasteiger partial charge in [0.1, 0.15) is 16.9 Å². The van der Waals surface area contributed by atoms with E-state index in [0.717, 1.165) is 55.9 Å². The minimum Gasteiger partial charge on any atom is -0.486 e. The highest BCUT2D eigenvalue weighted by molar-refractivity contribution is 6.13. The lowest BCUT2D eigenvalue weighted by Gasteiger charge is -2.40. The predicted octanol–water partition coefficient (Wildman–Crippen LogP) is 6.03. The molecule has 1 aromatic heterocycles. The summed E-state index contributed by atoms with van der Waals surface area (Å²) in [4.78, 5) is 26.1. The van der Waals surface area contributed by atoms with Crippen LogP contribution in [0.4, 0.5) is 0 Å². The number of amides is 1. The number of ketones is 1. The zero-order chi connectivity index (χ0) is 21.4. The fourth-order valence-corrected chi connectivity index (χ4v) is 5.57. The van der Waals surface area contributed by atoms with Crippen molar-refractivity contribution in [1.29, 1.82) is 0 Å². The third-order valence-electron chi connectivity index (χ3n) is 7.23. The molecule has 1 fully saturated rings. The van der Waals surface area contributed by atoms with Crippen LogP contribution >= 0.6 is 0 Å². The fraction of sp³-hybridized carbons (Fsp3) is 0.538. The van der Waals surface area contributed by atoms with Gasteiger partial charge >= 0.3 is 0 Å². The maximum atomic E-state index is 13.2. The lowest BCUT2D eigenvalue weighted by atomic mass is 9.78. The van der Waals surface area contributed by atoms with Crippen molar-refractivity contribution in [3.8, 4) is 5.75 Å². The van der Waals surface area contributed by atoms with E-state index in [1.54, 1.807) is 0 Å². The second-order valence-electron chi connectivity index (χ2n) is 9.43. The van der Waals surface area contributed by atoms with E-state index in [0.29, 0.717) is 35.6 Å². The van der Waals surface area contributed by atoms with Gasteiger partial charge in [-0.15, -0.1) is 0 Å². The Bertz CT molecular complexity index is 1060. The van der Waals surface area contributed by atoms with Gasteiger partial charge in [0, 0.05) is 17.5 Å². The number of aryl methyl sites for hydroxylation is 1. The predicted molar refractivity (Wildman–Crippen MR) is 120 cm³/mol. The summed E-state index contributed by atoms with van der Waals surface area (Å²) in [6.07, 6.45) is 13.7. The van der Waals surface area contributed by atoms with Gasteiger partial charge in [-0.1, -0.05) is 18.1 Å². The average molecular weight is 422 g/mol. The lowest BCUT2D eigenvalue weighted by molar-refractivity contribution is 0.0139. The molecule has 0 atom stereocenters. The molecule has 1 aliphatic heterocycles. The number of fused-ring (bicyclic) bond motifs is 3. The molecular weight excluding hydrogens is 390 g/mol. The summed E-state index contributed by atoms with van der Waals surface area (Å²) < 4.78 is 12.3. The van der Waals surface area contributed by atoms with Crippen molar-refractivity contribution in [3.05, 3.63) is 40.7 Å². The van der Waals surface area contributed by atoms with Crippen molar-refractivity contribution < 1.29 is 18.7 Å². The summed E-state index contributed by atoms with van der Waals surface area (Å²) in [6, 6.07) is 3.67. The van der Waals surface area contributed by atoms with E-state index in [2.05, 4.69) is 11.4 Å². The maximum absolute atomic E-state index is 13.2. The standard InChI is InChI=1S/C26H31NO4/c1-17-22-20(30-24(17)25(29)27-15-12-18-8-4-2-5-9-18)10-11-21-23(22)19(28)16-26(31-21)13-6-3-7-14-26/h8,10-11H,2-7,9,12-16H2,1H3,(H,27,29). The van der Waals surface area contributed by atoms with Crippen molar-refractivity contribution in [2.75, 3.05) is 6.54 Å². The number of ether oxygens (including phenoxy) is 1. The quantitative estimate of drug-likeness (QED) is 0.612. The van der Waals surface area contributed by atoms with Crippen LogP contribution in [0.25, 0.3) is 11.0 Å². The number of allylic oxidation sites excluding steroid dienone is 1. The Balaban J connectivity index is 1.39. The fourth-order valence-electron chi connectivity index (χ4n) is 5.57. The molecule has 1 spiro atoms. The van der Waals surface area contributed by atoms with Gasteiger partial charge in [0.25, 0.3) is 5.91 Å². The Morgan fingerprint density at radius 2 is 1.97 bits per heavy atom. The number of Topliss-reactive ketones (excluding diaryl/α,β-unsaturated/α-hetero) is 1. The molecule has 164 valence electrons. The largest absolute Gasteiger partial charge is 0.486 e. The van der Waals surface area contributed by atoms with Gasteiger partial charge in [0.05, 0.1) is 12.0 Å². The number of benzene rings is 1. The van der Waals surface area contributed by atoms with Crippen LogP contribution in [0.2, 0.25) is 0 Å². The molecule has 5 heteroatoms. The van der Waals surface area contributed by atoms with Crippen LogP contribution in [0.1, 0.15) is 97.1 Å². The van der Waals surface area contributed by atoms with Crippen LogP contribution in [0.3, 0.4) is 0 Å². The molecule has 2 aromatic rings. The molecule has 1 N–H and O–H groups in total. The highest BCUT2D eigenvalue weighted by Gasteiger charge is 2.42. The van der Waals surface area contributed by atoms with Gasteiger partial charge in [0.2, 0.25) is 0 Å². The minimum atomic E-state index is -0.346. The van der Waals surface area contributed by atoms with Crippen molar-refractivity contribution in [3.63, 3.8) is 0 Å². The molecule has 3 aliphatic rings. The van der Waals surface area contributed by atoms with Crippen LogP contribution in [0, 0.1) is 6.92 Å². The molecule has 1 aromatic carbocycles. The topological polar surface area (TPSA) is 68.5 Å². The first kappa shape index (κ1) is 20.3. The van der Waals surface area contributed by atoms with Gasteiger partial charge < -0.3 is 14.5 Å². The molecule has 5 nitrogen and oxygen atoms in total. The molecule has 0 saturated heterocycles. The summed E-state index contributed by atoms with van der Waals surface area (Å²) in [6.45, 7) is 2.47. The Morgan fingerprint density at radius 3 is 2.74 bits per heavy atom. The third-order valence-corrected chi connectivity index (χ3v) is 7.23. The molecule has 1 saturated carbocycles. The molecule has 5 rings (SSSR count). The average Bonchev–Trinajstić information content (AvgIpc) is 3.11. The smallest absolute Gasteiger partial charge is 0.287 e. The molecule has 2 heterocycles. The van der Waals surface area contributed by atoms with E-state index in [9.17, 15) is 9.59 Å². The maximum Gasteiger partial charge on any atom is 0.287 e. The van der Waals surface area contributed by atoms with Crippen molar-refractivity contribution >= 4 is 22.7 Å². The number of hydrogen-bond acceptors (Lipinski definition) is 4. The summed E-state index contributed by atoms with van der Waals surface area (Å²) in [5.41, 5.74) is 2.97. The summed E-state index contributed by atoms with van der Waals surface area (Å²) in [5.74, 6) is 0.832. The van der Waals surface area contributed by atoms with Gasteiger partial charge in [-0.05, 0) is 76.8 Å². The molecule has 0 radical (unpaired) electrons. The second-order valence-corrected chi connectivity index (χ2v) is 9.43. The Labute approximate surface area is 183 Å². The summed E-state index contributed by atoms with van der Waals surface area (Å²) in [5, 5.41) is 3.73. The molecule has 0 unspecified atom stereocenters. The van der Waals surface area contributed by atoms with E-state index in [1.165, 1.54) is 24.8 Å². The summed E-state index contributed by atoms with van der Waals surface area (Å²) >= 11 is 0. The van der Waals surface area contributed by atoms with Gasteiger partial charge in [-0.2, -0.15) is 0 Å². The van der Waals surface area contributed by atoms with Crippen molar-refractivity contribution in [2.24, 2.45) is 0 Å². The normalized spacial score (nSPS) is 20.3. The molecular formula is C26H31NO4. The Morgan fingerprint density at radius 1 is 1.13 bits per heavy atom. The number of hydrogen-bond donors (Lipinski definition) is 1. The third kappa shape index (κ3) is 3.79. The highest BCUT2D eigenvalue weighted by atomic mass is 16.5. The monoisotopic (exact) mass is 421 g/mol. The minimum absolute atomic E-state index is 0.105. The van der Waals surface area contributed by atoms with Crippen molar-refractivity contribution in [2.45, 2.75) is 83.2 Å². The van der Waals surface area contributed by atoms with E-state index >= 15 is 0 Å². The van der Waals surface area contributed by atoms with Crippen LogP contribution < -0.4 is 10.1 Å². The summed E-state index contributed by atoms with van der Waals surface area (Å²) in [7, 11) is 0. The molecule has 0 bridgehead atoms. The Kier molecular flexibility index (Phi) is 5.37. The van der Waals surface area contributed by atoms with Crippen LogP contribution in [-0.2, 0) is 0 Å². The first-order valence-electron chi connectivity index (χ1n) is 11.8. The number of rotatable bonds is 4. The van der Waals surface area contributed by atoms with Gasteiger partial charge in [-0.3, -0.25) is 9.59 Å². The zero-order valence-electron chi connectivity index (χ0n) is 18.4. The first-order valence-corrected chi connectivity index (χ1v) is 11.8. The van der Waals surface area contributed by atoms with Crippen LogP contribution in [0.5, 0.6) is 5.75 Å². The first-order chi connectivity index (χ1) is 15.1. The van der Waals surface area contributed by atoms with E-state index in [-0.39, 0.29) is 17.3 Å². The highest BCUT2D eigenvalue weighted by Crippen LogP contribution is 2.45. The van der Waals surface area contributed by atoms with Crippen molar-refractivity contribution in [1.82, 2.24) is 5.32 Å². The number of carbonyl (C=O) groups excluding carboxylic acids is 2. The van der Waals surface area contributed by atoms with E-state index < -0.39 is 0 Å². The SMILES string of the molecule is Cc1c(C(=O)NCCC2=CCCCC2)oc2ccc3c(c12)C(=O)CC1(CCCCC1)O3. The second kappa shape index (κ2) is 8.18. The van der Waals surface area contributed by atoms with E-state index in [4.69, 9.17) is 9.15 Å². The number of furan rings is 1. The zero-order valence-corrected chi connectivity index (χ0v) is 18.4. The Hall–Kier alpha value is -2.56. The van der Waals surface area contributed by atoms with Crippen LogP contribution in [0.15, 0.2) is 28.2 Å². The molecule has 31 heavy (non-hydrogen) atoms.